The Morgan fingerprint density at radius 3 is 1.64 bits per heavy atom. The number of nitrogens with zero attached hydrogens (tertiary/aromatic N) is 4. The second-order valence-electron chi connectivity index (χ2n) is 10.6. The largest absolute Gasteiger partial charge is 0.310 e. The molecule has 1 aliphatic heterocycles. The molecule has 0 bridgehead atoms. The molecule has 42 heavy (non-hydrogen) atoms. The SMILES string of the molecule is N#Cc1cnc(-c2ccc(N3c4ccccc4C4(c5ccccc5-c5ccccc54)c4ccccc43)cc2)c(C#N)c1. The fourth-order valence-corrected chi connectivity index (χ4v) is 6.95. The van der Waals surface area contributed by atoms with E-state index in [9.17, 15) is 10.5 Å². The van der Waals surface area contributed by atoms with Gasteiger partial charge in [-0.25, -0.2) is 0 Å². The average Bonchev–Trinajstić information content (AvgIpc) is 3.36. The van der Waals surface area contributed by atoms with E-state index in [-0.39, 0.29) is 0 Å². The van der Waals surface area contributed by atoms with Crippen LogP contribution in [0.2, 0.25) is 0 Å². The Morgan fingerprint density at radius 2 is 1.10 bits per heavy atom. The van der Waals surface area contributed by atoms with Crippen molar-refractivity contribution in [2.45, 2.75) is 5.41 Å². The van der Waals surface area contributed by atoms with Crippen LogP contribution >= 0.6 is 0 Å². The zero-order chi connectivity index (χ0) is 28.3. The molecule has 6 aromatic rings. The second kappa shape index (κ2) is 9.03. The number of anilines is 3. The number of nitriles is 2. The van der Waals surface area contributed by atoms with Crippen LogP contribution in [0.15, 0.2) is 134 Å². The van der Waals surface area contributed by atoms with E-state index in [0.29, 0.717) is 16.8 Å². The number of benzene rings is 5. The van der Waals surface area contributed by atoms with E-state index in [1.807, 2.05) is 12.1 Å². The van der Waals surface area contributed by atoms with Crippen molar-refractivity contribution in [2.75, 3.05) is 4.90 Å². The number of aromatic nitrogens is 1. The number of para-hydroxylation sites is 2. The predicted octanol–water partition coefficient (Wildman–Crippen LogP) is 8.64. The standard InChI is InChI=1S/C38H22N4/c39-22-25-21-27(23-40)37(41-24-25)26-17-19-28(20-18-26)42-35-15-7-5-13-33(35)38(34-14-6-8-16-36(34)42)31-11-3-1-9-29(31)30-10-2-4-12-32(30)38/h1-21,24H. The number of hydrogen-bond donors (Lipinski definition) is 0. The number of pyridine rings is 1. The first-order valence-electron chi connectivity index (χ1n) is 13.8. The van der Waals surface area contributed by atoms with E-state index in [4.69, 9.17) is 0 Å². The van der Waals surface area contributed by atoms with E-state index in [0.717, 1.165) is 22.6 Å². The third-order valence-electron chi connectivity index (χ3n) is 8.59. The molecule has 0 saturated heterocycles. The van der Waals surface area contributed by atoms with Crippen molar-refractivity contribution in [1.29, 1.82) is 10.5 Å². The summed E-state index contributed by atoms with van der Waals surface area (Å²) in [4.78, 5) is 6.77. The fourth-order valence-electron chi connectivity index (χ4n) is 6.95. The molecule has 0 unspecified atom stereocenters. The minimum atomic E-state index is -0.440. The average molecular weight is 535 g/mol. The lowest BCUT2D eigenvalue weighted by atomic mass is 9.64. The van der Waals surface area contributed by atoms with E-state index in [2.05, 4.69) is 131 Å². The van der Waals surface area contributed by atoms with Gasteiger partial charge in [-0.2, -0.15) is 10.5 Å². The van der Waals surface area contributed by atoms with Crippen LogP contribution in [0.3, 0.4) is 0 Å². The van der Waals surface area contributed by atoms with E-state index in [1.165, 1.54) is 39.6 Å². The first-order valence-corrected chi connectivity index (χ1v) is 13.8. The molecule has 0 N–H and O–H groups in total. The molecule has 0 fully saturated rings. The summed E-state index contributed by atoms with van der Waals surface area (Å²) in [7, 11) is 0. The van der Waals surface area contributed by atoms with Gasteiger partial charge in [-0.3, -0.25) is 4.98 Å². The molecule has 0 amide bonds. The second-order valence-corrected chi connectivity index (χ2v) is 10.6. The molecular weight excluding hydrogens is 512 g/mol. The molecule has 1 aromatic heterocycles. The highest BCUT2D eigenvalue weighted by molar-refractivity contribution is 5.95. The van der Waals surface area contributed by atoms with Crippen LogP contribution in [-0.2, 0) is 5.41 Å². The summed E-state index contributed by atoms with van der Waals surface area (Å²) in [6.07, 6.45) is 1.51. The molecule has 0 atom stereocenters. The minimum absolute atomic E-state index is 0.373. The lowest BCUT2D eigenvalue weighted by molar-refractivity contribution is 0.752. The van der Waals surface area contributed by atoms with Crippen molar-refractivity contribution in [3.63, 3.8) is 0 Å². The van der Waals surface area contributed by atoms with Gasteiger partial charge in [0.2, 0.25) is 0 Å². The van der Waals surface area contributed by atoms with Crippen molar-refractivity contribution in [1.82, 2.24) is 4.98 Å². The van der Waals surface area contributed by atoms with Crippen molar-refractivity contribution in [3.05, 3.63) is 167 Å². The third kappa shape index (κ3) is 3.12. The molecule has 2 heterocycles. The first kappa shape index (κ1) is 23.9. The van der Waals surface area contributed by atoms with E-state index in [1.54, 1.807) is 6.07 Å². The number of hydrogen-bond acceptors (Lipinski definition) is 4. The van der Waals surface area contributed by atoms with E-state index >= 15 is 0 Å². The molecular formula is C38H22N4. The summed E-state index contributed by atoms with van der Waals surface area (Å²) in [5, 5.41) is 18.9. The highest BCUT2D eigenvalue weighted by atomic mass is 15.2. The molecule has 0 radical (unpaired) electrons. The van der Waals surface area contributed by atoms with Crippen LogP contribution in [0.4, 0.5) is 17.1 Å². The van der Waals surface area contributed by atoms with Gasteiger partial charge >= 0.3 is 0 Å². The molecule has 1 aliphatic carbocycles. The fraction of sp³-hybridized carbons (Fsp3) is 0.0263. The Labute approximate surface area is 244 Å². The van der Waals surface area contributed by atoms with E-state index < -0.39 is 5.41 Å². The van der Waals surface area contributed by atoms with Crippen molar-refractivity contribution in [2.24, 2.45) is 0 Å². The maximum Gasteiger partial charge on any atom is 0.101 e. The summed E-state index contributed by atoms with van der Waals surface area (Å²) >= 11 is 0. The predicted molar refractivity (Wildman–Crippen MR) is 165 cm³/mol. The summed E-state index contributed by atoms with van der Waals surface area (Å²) in [6, 6.07) is 49.1. The molecule has 194 valence electrons. The van der Waals surface area contributed by atoms with Gasteiger partial charge in [0.25, 0.3) is 0 Å². The highest BCUT2D eigenvalue weighted by Gasteiger charge is 2.51. The van der Waals surface area contributed by atoms with Gasteiger partial charge in [-0.1, -0.05) is 97.1 Å². The van der Waals surface area contributed by atoms with Gasteiger partial charge in [0, 0.05) is 17.4 Å². The Morgan fingerprint density at radius 1 is 0.571 bits per heavy atom. The van der Waals surface area contributed by atoms with Crippen molar-refractivity contribution >= 4 is 17.1 Å². The van der Waals surface area contributed by atoms with Gasteiger partial charge in [0.05, 0.1) is 33.6 Å². The Bertz CT molecular complexity index is 2030. The zero-order valence-electron chi connectivity index (χ0n) is 22.5. The first-order chi connectivity index (χ1) is 20.8. The summed E-state index contributed by atoms with van der Waals surface area (Å²) in [5.41, 5.74) is 12.6. The van der Waals surface area contributed by atoms with Crippen LogP contribution in [0.25, 0.3) is 22.4 Å². The van der Waals surface area contributed by atoms with Crippen LogP contribution in [0, 0.1) is 22.7 Å². The third-order valence-corrected chi connectivity index (χ3v) is 8.59. The summed E-state index contributed by atoms with van der Waals surface area (Å²) < 4.78 is 0. The number of rotatable bonds is 2. The lowest BCUT2D eigenvalue weighted by Gasteiger charge is -2.45. The van der Waals surface area contributed by atoms with Gasteiger partial charge in [0.15, 0.2) is 0 Å². The molecule has 5 aromatic carbocycles. The normalized spacial score (nSPS) is 13.3. The highest BCUT2D eigenvalue weighted by Crippen LogP contribution is 2.63. The van der Waals surface area contributed by atoms with Crippen LogP contribution < -0.4 is 4.90 Å². The maximum atomic E-state index is 9.71. The topological polar surface area (TPSA) is 63.7 Å². The molecule has 1 spiro atoms. The Kier molecular flexibility index (Phi) is 5.13. The Hall–Kier alpha value is -5.97. The molecule has 0 saturated carbocycles. The van der Waals surface area contributed by atoms with Gasteiger partial charge in [-0.15, -0.1) is 0 Å². The number of fused-ring (bicyclic) bond motifs is 9. The van der Waals surface area contributed by atoms with Crippen LogP contribution in [0.5, 0.6) is 0 Å². The van der Waals surface area contributed by atoms with Gasteiger partial charge in [-0.05, 0) is 63.7 Å². The van der Waals surface area contributed by atoms with Crippen molar-refractivity contribution in [3.8, 4) is 34.5 Å². The van der Waals surface area contributed by atoms with Crippen LogP contribution in [0.1, 0.15) is 33.4 Å². The van der Waals surface area contributed by atoms with Gasteiger partial charge < -0.3 is 4.90 Å². The van der Waals surface area contributed by atoms with Crippen molar-refractivity contribution < 1.29 is 0 Å². The van der Waals surface area contributed by atoms with Crippen LogP contribution in [-0.4, -0.2) is 4.98 Å². The smallest absolute Gasteiger partial charge is 0.101 e. The summed E-state index contributed by atoms with van der Waals surface area (Å²) in [5.74, 6) is 0. The molecule has 4 nitrogen and oxygen atoms in total. The minimum Gasteiger partial charge on any atom is -0.310 e. The zero-order valence-corrected chi connectivity index (χ0v) is 22.5. The quantitative estimate of drug-likeness (QED) is 0.223. The molecule has 8 rings (SSSR count). The lowest BCUT2D eigenvalue weighted by Crippen LogP contribution is -2.36. The molecule has 2 aliphatic rings. The maximum absolute atomic E-state index is 9.71. The molecule has 4 heteroatoms. The Balaban J connectivity index is 1.35. The monoisotopic (exact) mass is 534 g/mol. The summed E-state index contributed by atoms with van der Waals surface area (Å²) in [6.45, 7) is 0. The van der Waals surface area contributed by atoms with Gasteiger partial charge in [0.1, 0.15) is 12.1 Å².